The van der Waals surface area contributed by atoms with Crippen LogP contribution in [0.1, 0.15) is 40.2 Å². The number of rotatable bonds is 9. The number of hydrogen-bond donors (Lipinski definition) is 1. The third kappa shape index (κ3) is 6.60. The molecule has 3 aromatic rings. The van der Waals surface area contributed by atoms with Gasteiger partial charge in [0, 0.05) is 50.7 Å². The molecule has 0 unspecified atom stereocenters. The van der Waals surface area contributed by atoms with Crippen molar-refractivity contribution in [3.05, 3.63) is 107 Å². The number of benzene rings is 3. The van der Waals surface area contributed by atoms with E-state index >= 15 is 0 Å². The summed E-state index contributed by atoms with van der Waals surface area (Å²) < 4.78 is 6.10. The van der Waals surface area contributed by atoms with Crippen LogP contribution in [0.4, 0.5) is 5.69 Å². The van der Waals surface area contributed by atoms with E-state index in [1.807, 2.05) is 68.1 Å². The van der Waals surface area contributed by atoms with Crippen molar-refractivity contribution in [3.8, 4) is 5.75 Å². The van der Waals surface area contributed by atoms with Crippen LogP contribution in [-0.4, -0.2) is 55.0 Å². The van der Waals surface area contributed by atoms with Crippen molar-refractivity contribution in [1.29, 1.82) is 0 Å². The lowest BCUT2D eigenvalue weighted by Gasteiger charge is -2.35. The fourth-order valence-corrected chi connectivity index (χ4v) is 5.01. The third-order valence-corrected chi connectivity index (χ3v) is 7.50. The Morgan fingerprint density at radius 1 is 0.919 bits per heavy atom. The number of ether oxygens (including phenoxy) is 1. The zero-order valence-corrected chi connectivity index (χ0v) is 22.4. The first-order valence-electron chi connectivity index (χ1n) is 13.1. The molecule has 4 rings (SSSR count). The lowest BCUT2D eigenvalue weighted by molar-refractivity contribution is -0.133. The van der Waals surface area contributed by atoms with E-state index < -0.39 is 0 Å². The van der Waals surface area contributed by atoms with Gasteiger partial charge in [0.15, 0.2) is 0 Å². The Hall–Kier alpha value is -3.57. The first-order valence-corrected chi connectivity index (χ1v) is 13.1. The predicted molar refractivity (Wildman–Crippen MR) is 152 cm³/mol. The maximum Gasteiger partial charge on any atom is 0.223 e. The maximum atomic E-state index is 13.3. The van der Waals surface area contributed by atoms with E-state index in [9.17, 15) is 4.79 Å². The highest BCUT2D eigenvalue weighted by Gasteiger charge is 2.25. The topological polar surface area (TPSA) is 58.8 Å². The van der Waals surface area contributed by atoms with Gasteiger partial charge in [0.05, 0.1) is 0 Å². The highest BCUT2D eigenvalue weighted by molar-refractivity contribution is 5.78. The molecule has 0 saturated carbocycles. The summed E-state index contributed by atoms with van der Waals surface area (Å²) in [6.07, 6.45) is 0.481. The van der Waals surface area contributed by atoms with Gasteiger partial charge in [0.1, 0.15) is 12.4 Å². The molecule has 37 heavy (non-hydrogen) atoms. The van der Waals surface area contributed by atoms with Gasteiger partial charge in [-0.25, -0.2) is 0 Å². The number of carbonyl (C=O) groups is 1. The Balaban J connectivity index is 1.28. The molecule has 0 radical (unpaired) electrons. The molecule has 1 amide bonds. The quantitative estimate of drug-likeness (QED) is 0.313. The maximum absolute atomic E-state index is 13.3. The molecule has 194 valence electrons. The smallest absolute Gasteiger partial charge is 0.223 e. The molecule has 3 aromatic carbocycles. The molecule has 1 fully saturated rings. The minimum atomic E-state index is 0.0638. The normalized spacial score (nSPS) is 14.1. The first-order chi connectivity index (χ1) is 17.8. The Labute approximate surface area is 221 Å². The zero-order valence-electron chi connectivity index (χ0n) is 22.4. The van der Waals surface area contributed by atoms with Crippen LogP contribution in [0.3, 0.4) is 0 Å². The molecular formula is C32H39N3O2. The van der Waals surface area contributed by atoms with Gasteiger partial charge in [-0.15, -0.1) is 0 Å². The van der Waals surface area contributed by atoms with Gasteiger partial charge < -0.3 is 15.4 Å². The second kappa shape index (κ2) is 12.1. The number of carbonyl (C=O) groups excluding carboxylic acids is 1. The highest BCUT2D eigenvalue weighted by Crippen LogP contribution is 2.30. The molecule has 1 aliphatic heterocycles. The second-order valence-corrected chi connectivity index (χ2v) is 10.1. The van der Waals surface area contributed by atoms with E-state index in [1.54, 1.807) is 0 Å². The summed E-state index contributed by atoms with van der Waals surface area (Å²) in [6.45, 7) is 14.7. The number of piperazine rings is 1. The van der Waals surface area contributed by atoms with Crippen LogP contribution < -0.4 is 10.5 Å². The minimum absolute atomic E-state index is 0.0638. The van der Waals surface area contributed by atoms with Gasteiger partial charge in [0.25, 0.3) is 0 Å². The SMILES string of the molecule is C=C(COc1cc(C)c(N)c(C)c1C)CN1CCN(C(=O)CC(c2ccccc2)c2ccccc2)CC1. The Morgan fingerprint density at radius 3 is 2.05 bits per heavy atom. The summed E-state index contributed by atoms with van der Waals surface area (Å²) in [5.41, 5.74) is 13.5. The monoisotopic (exact) mass is 497 g/mol. The molecule has 5 heteroatoms. The number of nitrogen functional groups attached to an aromatic ring is 1. The average Bonchev–Trinajstić information content (AvgIpc) is 2.93. The molecule has 1 heterocycles. The third-order valence-electron chi connectivity index (χ3n) is 7.50. The van der Waals surface area contributed by atoms with E-state index in [2.05, 4.69) is 35.7 Å². The molecular weight excluding hydrogens is 458 g/mol. The number of hydrogen-bond acceptors (Lipinski definition) is 4. The van der Waals surface area contributed by atoms with Gasteiger partial charge in [0.2, 0.25) is 5.91 Å². The highest BCUT2D eigenvalue weighted by atomic mass is 16.5. The molecule has 1 saturated heterocycles. The first kappa shape index (κ1) is 26.5. The van der Waals surface area contributed by atoms with Crippen molar-refractivity contribution in [2.45, 2.75) is 33.1 Å². The number of nitrogens with zero attached hydrogens (tertiary/aromatic N) is 2. The predicted octanol–water partition coefficient (Wildman–Crippen LogP) is 5.50. The molecule has 1 aliphatic rings. The fourth-order valence-electron chi connectivity index (χ4n) is 5.01. The summed E-state index contributed by atoms with van der Waals surface area (Å²) in [7, 11) is 0. The van der Waals surface area contributed by atoms with Crippen LogP contribution >= 0.6 is 0 Å². The molecule has 2 N–H and O–H groups in total. The van der Waals surface area contributed by atoms with Crippen molar-refractivity contribution in [3.63, 3.8) is 0 Å². The van der Waals surface area contributed by atoms with Crippen LogP contribution in [0.5, 0.6) is 5.75 Å². The van der Waals surface area contributed by atoms with Crippen LogP contribution in [-0.2, 0) is 4.79 Å². The summed E-state index contributed by atoms with van der Waals surface area (Å²) in [5.74, 6) is 1.14. The van der Waals surface area contributed by atoms with Crippen LogP contribution in [0, 0.1) is 20.8 Å². The number of aryl methyl sites for hydroxylation is 1. The van der Waals surface area contributed by atoms with Crippen LogP contribution in [0.2, 0.25) is 0 Å². The Kier molecular flexibility index (Phi) is 8.67. The molecule has 0 spiro atoms. The van der Waals surface area contributed by atoms with E-state index in [1.165, 1.54) is 11.1 Å². The Morgan fingerprint density at radius 2 is 1.49 bits per heavy atom. The fraction of sp³-hybridized carbons (Fsp3) is 0.344. The van der Waals surface area contributed by atoms with Gasteiger partial charge in [-0.1, -0.05) is 67.2 Å². The molecule has 0 atom stereocenters. The van der Waals surface area contributed by atoms with E-state index in [-0.39, 0.29) is 11.8 Å². The number of anilines is 1. The van der Waals surface area contributed by atoms with Crippen LogP contribution in [0.25, 0.3) is 0 Å². The average molecular weight is 498 g/mol. The van der Waals surface area contributed by atoms with Crippen molar-refractivity contribution in [2.75, 3.05) is 45.1 Å². The standard InChI is InChI=1S/C32H39N3O2/c1-23(22-37-30-19-24(2)32(33)26(4)25(30)3)21-34-15-17-35(18-16-34)31(36)20-29(27-11-7-5-8-12-27)28-13-9-6-10-14-28/h5-14,19,29H,1,15-18,20-22,33H2,2-4H3. The van der Waals surface area contributed by atoms with E-state index in [4.69, 9.17) is 10.5 Å². The van der Waals surface area contributed by atoms with Crippen molar-refractivity contribution in [2.24, 2.45) is 0 Å². The van der Waals surface area contributed by atoms with E-state index in [0.717, 1.165) is 66.4 Å². The van der Waals surface area contributed by atoms with Crippen LogP contribution in [0.15, 0.2) is 78.9 Å². The van der Waals surface area contributed by atoms with Crippen molar-refractivity contribution in [1.82, 2.24) is 9.80 Å². The van der Waals surface area contributed by atoms with Gasteiger partial charge in [-0.05, 0) is 60.2 Å². The number of amides is 1. The Bertz CT molecular complexity index is 1180. The summed E-state index contributed by atoms with van der Waals surface area (Å²) in [5, 5.41) is 0. The van der Waals surface area contributed by atoms with Gasteiger partial charge >= 0.3 is 0 Å². The number of nitrogens with two attached hydrogens (primary N) is 1. The largest absolute Gasteiger partial charge is 0.489 e. The lowest BCUT2D eigenvalue weighted by atomic mass is 9.88. The molecule has 0 bridgehead atoms. The van der Waals surface area contributed by atoms with Crippen molar-refractivity contribution < 1.29 is 9.53 Å². The van der Waals surface area contributed by atoms with Gasteiger partial charge in [-0.2, -0.15) is 0 Å². The lowest BCUT2D eigenvalue weighted by Crippen LogP contribution is -2.49. The van der Waals surface area contributed by atoms with E-state index in [0.29, 0.717) is 13.0 Å². The van der Waals surface area contributed by atoms with Crippen molar-refractivity contribution >= 4 is 11.6 Å². The summed E-state index contributed by atoms with van der Waals surface area (Å²) >= 11 is 0. The minimum Gasteiger partial charge on any atom is -0.489 e. The second-order valence-electron chi connectivity index (χ2n) is 10.1. The molecule has 0 aromatic heterocycles. The molecule has 0 aliphatic carbocycles. The summed E-state index contributed by atoms with van der Waals surface area (Å²) in [6, 6.07) is 22.7. The zero-order chi connectivity index (χ0) is 26.4. The molecule has 5 nitrogen and oxygen atoms in total. The summed E-state index contributed by atoms with van der Waals surface area (Å²) in [4.78, 5) is 17.7. The van der Waals surface area contributed by atoms with Gasteiger partial charge in [-0.3, -0.25) is 9.69 Å².